The van der Waals surface area contributed by atoms with E-state index in [4.69, 9.17) is 14.6 Å². The van der Waals surface area contributed by atoms with E-state index >= 15 is 4.39 Å². The molecule has 4 atom stereocenters. The van der Waals surface area contributed by atoms with Crippen LogP contribution in [0.5, 0.6) is 11.5 Å². The number of hydrogen-bond acceptors (Lipinski definition) is 5. The van der Waals surface area contributed by atoms with E-state index in [1.807, 2.05) is 0 Å². The number of amides is 2. The van der Waals surface area contributed by atoms with Gasteiger partial charge in [0.2, 0.25) is 5.91 Å². The molecule has 0 radical (unpaired) electrons. The third-order valence-electron chi connectivity index (χ3n) is 7.37. The second-order valence-electron chi connectivity index (χ2n) is 11.4. The number of methoxy groups -OCH3 is 1. The fourth-order valence-corrected chi connectivity index (χ4v) is 5.57. The van der Waals surface area contributed by atoms with Crippen LogP contribution < -0.4 is 20.1 Å². The maximum Gasteiger partial charge on any atom is 0.341 e. The van der Waals surface area contributed by atoms with Crippen molar-refractivity contribution in [1.29, 1.82) is 0 Å². The van der Waals surface area contributed by atoms with Crippen molar-refractivity contribution in [2.75, 3.05) is 20.3 Å². The van der Waals surface area contributed by atoms with Crippen molar-refractivity contribution in [1.82, 2.24) is 10.6 Å². The number of benzene rings is 2. The van der Waals surface area contributed by atoms with Crippen molar-refractivity contribution < 1.29 is 33.4 Å². The third-order valence-corrected chi connectivity index (χ3v) is 7.37. The van der Waals surface area contributed by atoms with Gasteiger partial charge in [-0.15, -0.1) is 0 Å². The van der Waals surface area contributed by atoms with Gasteiger partial charge < -0.3 is 25.2 Å². The van der Waals surface area contributed by atoms with Gasteiger partial charge in [0.25, 0.3) is 5.91 Å². The Hall–Kier alpha value is -3.62. The molecule has 2 fully saturated rings. The Morgan fingerprint density at radius 2 is 1.76 bits per heavy atom. The topological polar surface area (TPSA) is 114 Å². The largest absolute Gasteiger partial charge is 0.496 e. The predicted molar refractivity (Wildman–Crippen MR) is 140 cm³/mol. The van der Waals surface area contributed by atoms with Crippen molar-refractivity contribution in [2.45, 2.75) is 46.1 Å². The lowest BCUT2D eigenvalue weighted by atomic mass is 9.83. The second kappa shape index (κ2) is 11.0. The minimum Gasteiger partial charge on any atom is -0.496 e. The van der Waals surface area contributed by atoms with Crippen LogP contribution in [0.3, 0.4) is 0 Å². The Bertz CT molecular complexity index is 1210. The summed E-state index contributed by atoms with van der Waals surface area (Å²) in [5.41, 5.74) is 0.797. The molecule has 2 amide bonds. The molecule has 2 aliphatic carbocycles. The van der Waals surface area contributed by atoms with Gasteiger partial charge in [0.05, 0.1) is 18.6 Å². The molecule has 3 N–H and O–H groups in total. The van der Waals surface area contributed by atoms with Crippen LogP contribution in [0.4, 0.5) is 4.39 Å². The van der Waals surface area contributed by atoms with Gasteiger partial charge >= 0.3 is 5.97 Å². The molecule has 2 bridgehead atoms. The Morgan fingerprint density at radius 1 is 1.08 bits per heavy atom. The lowest BCUT2D eigenvalue weighted by Gasteiger charge is -2.32. The predicted octanol–water partition coefficient (Wildman–Crippen LogP) is 4.27. The van der Waals surface area contributed by atoms with E-state index in [1.165, 1.54) is 31.4 Å². The van der Waals surface area contributed by atoms with Gasteiger partial charge in [0.1, 0.15) is 17.3 Å². The fourth-order valence-electron chi connectivity index (χ4n) is 5.57. The molecule has 2 aromatic carbocycles. The summed E-state index contributed by atoms with van der Waals surface area (Å²) in [5, 5.41) is 14.9. The molecule has 38 heavy (non-hydrogen) atoms. The van der Waals surface area contributed by atoms with Crippen LogP contribution in [0.2, 0.25) is 0 Å². The molecule has 4 unspecified atom stereocenters. The van der Waals surface area contributed by atoms with E-state index in [0.29, 0.717) is 17.9 Å². The highest BCUT2D eigenvalue weighted by Crippen LogP contribution is 2.49. The first-order chi connectivity index (χ1) is 18.0. The molecule has 2 aromatic rings. The highest BCUT2D eigenvalue weighted by atomic mass is 19.1. The normalized spacial score (nSPS) is 22.1. The number of ether oxygens (including phenoxy) is 2. The average molecular weight is 527 g/mol. The van der Waals surface area contributed by atoms with Crippen molar-refractivity contribution in [2.24, 2.45) is 23.2 Å². The van der Waals surface area contributed by atoms with E-state index in [-0.39, 0.29) is 52.0 Å². The molecule has 4 rings (SSSR count). The van der Waals surface area contributed by atoms with Gasteiger partial charge in [0.15, 0.2) is 6.61 Å². The number of aliphatic carboxylic acids is 1. The van der Waals surface area contributed by atoms with Crippen LogP contribution in [0.1, 0.15) is 50.4 Å². The number of carbonyl (C=O) groups excluding carboxylic acids is 2. The quantitative estimate of drug-likeness (QED) is 0.450. The Balaban J connectivity index is 1.56. The molecule has 0 aliphatic heterocycles. The summed E-state index contributed by atoms with van der Waals surface area (Å²) in [4.78, 5) is 37.4. The summed E-state index contributed by atoms with van der Waals surface area (Å²) in [7, 11) is 1.38. The van der Waals surface area contributed by atoms with Crippen LogP contribution in [0.15, 0.2) is 36.4 Å². The first-order valence-electron chi connectivity index (χ1n) is 12.9. The summed E-state index contributed by atoms with van der Waals surface area (Å²) in [6.07, 6.45) is 2.84. The molecule has 204 valence electrons. The smallest absolute Gasteiger partial charge is 0.341 e. The molecule has 0 saturated heterocycles. The molecule has 0 heterocycles. The van der Waals surface area contributed by atoms with E-state index < -0.39 is 24.3 Å². The first-order valence-corrected chi connectivity index (χ1v) is 12.9. The molecule has 9 heteroatoms. The zero-order valence-electron chi connectivity index (χ0n) is 22.2. The van der Waals surface area contributed by atoms with Crippen molar-refractivity contribution in [3.8, 4) is 22.6 Å². The zero-order valence-corrected chi connectivity index (χ0v) is 22.2. The minimum atomic E-state index is -1.10. The molecule has 0 aromatic heterocycles. The lowest BCUT2D eigenvalue weighted by Crippen LogP contribution is -2.50. The van der Waals surface area contributed by atoms with Crippen molar-refractivity contribution in [3.05, 3.63) is 47.8 Å². The van der Waals surface area contributed by atoms with Gasteiger partial charge in [-0.1, -0.05) is 32.9 Å². The number of carboxylic acid groups (broad SMARTS) is 1. The van der Waals surface area contributed by atoms with Crippen LogP contribution in [-0.4, -0.2) is 49.2 Å². The monoisotopic (exact) mass is 526 g/mol. The van der Waals surface area contributed by atoms with E-state index in [2.05, 4.69) is 31.4 Å². The zero-order chi connectivity index (χ0) is 27.6. The first kappa shape index (κ1) is 27.4. The Kier molecular flexibility index (Phi) is 7.94. The maximum absolute atomic E-state index is 15.0. The lowest BCUT2D eigenvalue weighted by molar-refractivity contribution is -0.139. The molecular formula is C29H35FN2O6. The van der Waals surface area contributed by atoms with Crippen LogP contribution in [-0.2, 0) is 9.59 Å². The van der Waals surface area contributed by atoms with Gasteiger partial charge in [-0.25, -0.2) is 9.18 Å². The van der Waals surface area contributed by atoms with Crippen LogP contribution in [0.25, 0.3) is 11.1 Å². The van der Waals surface area contributed by atoms with Gasteiger partial charge in [-0.2, -0.15) is 0 Å². The number of hydrogen-bond donors (Lipinski definition) is 3. The maximum atomic E-state index is 15.0. The summed E-state index contributed by atoms with van der Waals surface area (Å²) in [6, 6.07) is 8.58. The molecule has 0 spiro atoms. The van der Waals surface area contributed by atoms with Crippen LogP contribution >= 0.6 is 0 Å². The number of rotatable bonds is 9. The van der Waals surface area contributed by atoms with Gasteiger partial charge in [-0.3, -0.25) is 9.59 Å². The number of carbonyl (C=O) groups is 3. The summed E-state index contributed by atoms with van der Waals surface area (Å²) >= 11 is 0. The Morgan fingerprint density at radius 3 is 2.39 bits per heavy atom. The number of fused-ring (bicyclic) bond motifs is 2. The highest BCUT2D eigenvalue weighted by molar-refractivity contribution is 5.99. The van der Waals surface area contributed by atoms with Crippen molar-refractivity contribution >= 4 is 17.8 Å². The Labute approximate surface area is 221 Å². The summed E-state index contributed by atoms with van der Waals surface area (Å²) in [5.74, 6) is -1.55. The average Bonchev–Trinajstić information content (AvgIpc) is 3.47. The van der Waals surface area contributed by atoms with Gasteiger partial charge in [-0.05, 0) is 60.3 Å². The number of carboxylic acids is 1. The van der Waals surface area contributed by atoms with Crippen molar-refractivity contribution in [3.63, 3.8) is 0 Å². The third kappa shape index (κ3) is 6.09. The van der Waals surface area contributed by atoms with E-state index in [1.54, 1.807) is 12.1 Å². The summed E-state index contributed by atoms with van der Waals surface area (Å²) in [6.45, 7) is 6.24. The highest BCUT2D eigenvalue weighted by Gasteiger charge is 2.51. The van der Waals surface area contributed by atoms with Gasteiger partial charge in [0, 0.05) is 24.2 Å². The number of nitrogens with one attached hydrogen (secondary N) is 2. The molecule has 2 aliphatic rings. The van der Waals surface area contributed by atoms with E-state index in [0.717, 1.165) is 19.3 Å². The molecular weight excluding hydrogens is 491 g/mol. The van der Waals surface area contributed by atoms with Crippen LogP contribution in [0, 0.1) is 29.0 Å². The minimum absolute atomic E-state index is 0.0330. The fraction of sp³-hybridized carbons (Fsp3) is 0.483. The number of halogens is 1. The molecule has 8 nitrogen and oxygen atoms in total. The standard InChI is InChI=1S/C29H35FN2O6/c1-29(2,3)15-31-28(36)25-17-5-6-18(11-17)26(25)32-27(35)21-12-20(22(30)13-23(21)37-4)16-7-9-19(10-8-16)38-14-24(33)34/h7-10,12-13,17-18,25-26H,5-6,11,14-15H2,1-4H3,(H,31,36)(H,32,35)(H,33,34). The SMILES string of the molecule is COc1cc(F)c(-c2ccc(OCC(=O)O)cc2)cc1C(=O)NC1C2CCC(C2)C1C(=O)NCC(C)(C)C. The molecule has 2 saturated carbocycles. The van der Waals surface area contributed by atoms with E-state index in [9.17, 15) is 14.4 Å². The second-order valence-corrected chi connectivity index (χ2v) is 11.4. The summed E-state index contributed by atoms with van der Waals surface area (Å²) < 4.78 is 25.5.